The number of carbonyl (C=O) groups is 1. The number of hydrogen-bond donors (Lipinski definition) is 0. The van der Waals surface area contributed by atoms with Crippen LogP contribution in [0.3, 0.4) is 0 Å². The van der Waals surface area contributed by atoms with Gasteiger partial charge in [-0.3, -0.25) is 9.69 Å². The minimum Gasteiger partial charge on any atom is -0.447 e. The second-order valence-corrected chi connectivity index (χ2v) is 9.77. The molecule has 1 aromatic heterocycles. The number of fused-ring (bicyclic) bond motifs is 3. The molecule has 4 rings (SSSR count). The molecule has 166 valence electrons. The van der Waals surface area contributed by atoms with E-state index in [-0.39, 0.29) is 5.91 Å². The van der Waals surface area contributed by atoms with Crippen LogP contribution in [0.1, 0.15) is 43.7 Å². The first kappa shape index (κ1) is 22.6. The lowest BCUT2D eigenvalue weighted by molar-refractivity contribution is -0.118. The Morgan fingerprint density at radius 3 is 2.69 bits per heavy atom. The number of nitrogens with zero attached hydrogens (tertiary/aromatic N) is 4. The van der Waals surface area contributed by atoms with Gasteiger partial charge in [0.15, 0.2) is 5.69 Å². The topological polar surface area (TPSA) is 68.2 Å². The van der Waals surface area contributed by atoms with Crippen LogP contribution in [0.5, 0.6) is 5.88 Å². The smallest absolute Gasteiger partial charge is 0.247 e. The average Bonchev–Trinajstić information content (AvgIpc) is 2.87. The molecular formula is C24H25ClN4O2S. The fourth-order valence-corrected chi connectivity index (χ4v) is 4.71. The summed E-state index contributed by atoms with van der Waals surface area (Å²) in [5, 5.41) is 9.95. The number of anilines is 1. The summed E-state index contributed by atoms with van der Waals surface area (Å²) in [5.41, 5.74) is 4.79. The van der Waals surface area contributed by atoms with E-state index in [9.17, 15) is 4.79 Å². The lowest BCUT2D eigenvalue weighted by Gasteiger charge is -2.31. The highest BCUT2D eigenvalue weighted by molar-refractivity contribution is 7.99. The number of halogens is 1. The first-order valence-corrected chi connectivity index (χ1v) is 11.8. The number of aromatic nitrogens is 3. The molecule has 1 unspecified atom stereocenters. The maximum atomic E-state index is 13.0. The van der Waals surface area contributed by atoms with Crippen molar-refractivity contribution in [1.82, 2.24) is 15.2 Å². The standard InChI is InChI=1S/C24H25ClN4O2S/c1-13(2)12-32-24-26-22-20(27-28-24)19-10-14(3)9-15(4)21(19)29(16(5)30)23(31-22)17-7-6-8-18(25)11-17/h6-11,13,23H,12H2,1-5H3. The first-order chi connectivity index (χ1) is 15.2. The Bertz CT molecular complexity index is 1180. The summed E-state index contributed by atoms with van der Waals surface area (Å²) in [6, 6.07) is 11.4. The molecule has 32 heavy (non-hydrogen) atoms. The van der Waals surface area contributed by atoms with Gasteiger partial charge in [0.25, 0.3) is 0 Å². The van der Waals surface area contributed by atoms with Gasteiger partial charge in [-0.25, -0.2) is 0 Å². The zero-order chi connectivity index (χ0) is 23.0. The number of thioether (sulfide) groups is 1. The normalized spacial score (nSPS) is 15.1. The SMILES string of the molecule is CC(=O)N1c2c(C)cc(C)cc2-c2nnc(SCC(C)C)nc2OC1c1cccc(Cl)c1. The van der Waals surface area contributed by atoms with Crippen LogP contribution >= 0.6 is 23.4 Å². The minimum absolute atomic E-state index is 0.154. The van der Waals surface area contributed by atoms with Crippen LogP contribution in [-0.2, 0) is 4.79 Å². The predicted molar refractivity (Wildman–Crippen MR) is 128 cm³/mol. The number of carbonyl (C=O) groups excluding carboxylic acids is 1. The number of benzene rings is 2. The number of hydrogen-bond acceptors (Lipinski definition) is 6. The first-order valence-electron chi connectivity index (χ1n) is 10.5. The van der Waals surface area contributed by atoms with Gasteiger partial charge in [0.2, 0.25) is 23.2 Å². The van der Waals surface area contributed by atoms with E-state index in [4.69, 9.17) is 21.3 Å². The molecule has 6 nitrogen and oxygen atoms in total. The lowest BCUT2D eigenvalue weighted by Crippen LogP contribution is -2.36. The molecule has 1 aliphatic rings. The van der Waals surface area contributed by atoms with Crippen molar-refractivity contribution in [1.29, 1.82) is 0 Å². The van der Waals surface area contributed by atoms with Crippen molar-refractivity contribution < 1.29 is 9.53 Å². The summed E-state index contributed by atoms with van der Waals surface area (Å²) in [4.78, 5) is 19.3. The van der Waals surface area contributed by atoms with E-state index in [1.54, 1.807) is 17.0 Å². The summed E-state index contributed by atoms with van der Waals surface area (Å²) in [6.07, 6.45) is -0.743. The van der Waals surface area contributed by atoms with Crippen molar-refractivity contribution in [3.8, 4) is 17.1 Å². The van der Waals surface area contributed by atoms with Crippen molar-refractivity contribution in [2.24, 2.45) is 5.92 Å². The molecule has 8 heteroatoms. The number of ether oxygens (including phenoxy) is 1. The van der Waals surface area contributed by atoms with Crippen LogP contribution in [0.2, 0.25) is 5.02 Å². The van der Waals surface area contributed by atoms with Crippen LogP contribution in [0.4, 0.5) is 5.69 Å². The molecule has 0 radical (unpaired) electrons. The van der Waals surface area contributed by atoms with Gasteiger partial charge in [0, 0.05) is 28.8 Å². The van der Waals surface area contributed by atoms with Crippen LogP contribution in [0.25, 0.3) is 11.3 Å². The third-order valence-electron chi connectivity index (χ3n) is 5.05. The highest BCUT2D eigenvalue weighted by Gasteiger charge is 2.36. The summed E-state index contributed by atoms with van der Waals surface area (Å²) in [7, 11) is 0. The quantitative estimate of drug-likeness (QED) is 0.437. The molecule has 2 heterocycles. The number of amides is 1. The second kappa shape index (κ2) is 9.08. The molecule has 1 atom stereocenters. The van der Waals surface area contributed by atoms with E-state index in [0.717, 1.165) is 33.7 Å². The van der Waals surface area contributed by atoms with Crippen LogP contribution < -0.4 is 9.64 Å². The Kier molecular flexibility index (Phi) is 6.40. The van der Waals surface area contributed by atoms with Crippen LogP contribution in [-0.4, -0.2) is 26.8 Å². The van der Waals surface area contributed by atoms with Gasteiger partial charge in [0.05, 0.1) is 5.69 Å². The zero-order valence-corrected chi connectivity index (χ0v) is 20.3. The van der Waals surface area contributed by atoms with Crippen molar-refractivity contribution in [2.45, 2.75) is 46.0 Å². The molecule has 0 N–H and O–H groups in total. The van der Waals surface area contributed by atoms with Crippen molar-refractivity contribution >= 4 is 35.0 Å². The highest BCUT2D eigenvalue weighted by atomic mass is 35.5. The maximum absolute atomic E-state index is 13.0. The van der Waals surface area contributed by atoms with Gasteiger partial charge >= 0.3 is 0 Å². The lowest BCUT2D eigenvalue weighted by atomic mass is 10.00. The monoisotopic (exact) mass is 468 g/mol. The highest BCUT2D eigenvalue weighted by Crippen LogP contribution is 2.45. The molecule has 2 aromatic carbocycles. The molecule has 0 saturated carbocycles. The molecule has 1 aliphatic heterocycles. The van der Waals surface area contributed by atoms with E-state index in [1.165, 1.54) is 18.7 Å². The summed E-state index contributed by atoms with van der Waals surface area (Å²) < 4.78 is 6.42. The molecule has 0 saturated heterocycles. The van der Waals surface area contributed by atoms with E-state index < -0.39 is 6.23 Å². The van der Waals surface area contributed by atoms with Gasteiger partial charge in [-0.05, 0) is 43.5 Å². The molecule has 0 spiro atoms. The third kappa shape index (κ3) is 4.45. The Balaban J connectivity index is 1.95. The Labute approximate surface area is 197 Å². The largest absolute Gasteiger partial charge is 0.447 e. The second-order valence-electron chi connectivity index (χ2n) is 8.35. The van der Waals surface area contributed by atoms with Crippen molar-refractivity contribution in [3.63, 3.8) is 0 Å². The van der Waals surface area contributed by atoms with E-state index in [2.05, 4.69) is 24.0 Å². The Hall–Kier alpha value is -2.64. The van der Waals surface area contributed by atoms with Crippen molar-refractivity contribution in [3.05, 3.63) is 58.1 Å². The maximum Gasteiger partial charge on any atom is 0.247 e. The minimum atomic E-state index is -0.743. The summed E-state index contributed by atoms with van der Waals surface area (Å²) in [5.74, 6) is 1.55. The van der Waals surface area contributed by atoms with E-state index >= 15 is 0 Å². The van der Waals surface area contributed by atoms with Gasteiger partial charge < -0.3 is 4.74 Å². The van der Waals surface area contributed by atoms with E-state index in [1.807, 2.05) is 38.1 Å². The fraction of sp³-hybridized carbons (Fsp3) is 0.333. The molecule has 0 fully saturated rings. The molecule has 0 aliphatic carbocycles. The zero-order valence-electron chi connectivity index (χ0n) is 18.7. The third-order valence-corrected chi connectivity index (χ3v) is 6.55. The van der Waals surface area contributed by atoms with Gasteiger partial charge in [-0.2, -0.15) is 4.98 Å². The molecule has 0 bridgehead atoms. The number of rotatable bonds is 4. The fourth-order valence-electron chi connectivity index (χ4n) is 3.79. The van der Waals surface area contributed by atoms with Gasteiger partial charge in [-0.1, -0.05) is 61.0 Å². The molecular weight excluding hydrogens is 444 g/mol. The van der Waals surface area contributed by atoms with Gasteiger partial charge in [0.1, 0.15) is 0 Å². The molecule has 3 aromatic rings. The average molecular weight is 469 g/mol. The Morgan fingerprint density at radius 1 is 1.22 bits per heavy atom. The number of aryl methyl sites for hydroxylation is 2. The van der Waals surface area contributed by atoms with Crippen LogP contribution in [0, 0.1) is 19.8 Å². The van der Waals surface area contributed by atoms with Crippen LogP contribution in [0.15, 0.2) is 41.6 Å². The van der Waals surface area contributed by atoms with Crippen molar-refractivity contribution in [2.75, 3.05) is 10.7 Å². The predicted octanol–water partition coefficient (Wildman–Crippen LogP) is 6.00. The summed E-state index contributed by atoms with van der Waals surface area (Å²) in [6.45, 7) is 9.81. The Morgan fingerprint density at radius 2 is 2.00 bits per heavy atom. The molecule has 1 amide bonds. The summed E-state index contributed by atoms with van der Waals surface area (Å²) >= 11 is 7.82. The van der Waals surface area contributed by atoms with E-state index in [0.29, 0.717) is 27.7 Å². The van der Waals surface area contributed by atoms with Gasteiger partial charge in [-0.15, -0.1) is 10.2 Å².